The molecule has 0 radical (unpaired) electrons. The lowest BCUT2D eigenvalue weighted by molar-refractivity contribution is 0.459. The molecule has 0 saturated carbocycles. The minimum absolute atomic E-state index is 0.382. The largest absolute Gasteiger partial charge is 0.285 e. The zero-order valence-corrected chi connectivity index (χ0v) is 9.57. The van der Waals surface area contributed by atoms with Gasteiger partial charge in [-0.25, -0.2) is 0 Å². The molecule has 1 atom stereocenters. The minimum Gasteiger partial charge on any atom is -0.285 e. The molecule has 0 aromatic heterocycles. The van der Waals surface area contributed by atoms with Gasteiger partial charge in [-0.2, -0.15) is 8.42 Å². The molecule has 0 spiro atoms. The van der Waals surface area contributed by atoms with Crippen LogP contribution in [0.4, 0.5) is 0 Å². The lowest BCUT2D eigenvalue weighted by Gasteiger charge is -2.12. The molecule has 0 fully saturated rings. The van der Waals surface area contributed by atoms with E-state index in [1.807, 2.05) is 37.3 Å². The third kappa shape index (κ3) is 4.01. The maximum atomic E-state index is 11.1. The Hall–Kier alpha value is -0.870. The summed E-state index contributed by atoms with van der Waals surface area (Å²) in [6, 6.07) is 9.35. The minimum atomic E-state index is -3.93. The summed E-state index contributed by atoms with van der Waals surface area (Å²) in [5.74, 6) is 0. The first-order valence-corrected chi connectivity index (χ1v) is 6.54. The van der Waals surface area contributed by atoms with Gasteiger partial charge >= 0.3 is 0 Å². The molecule has 0 bridgehead atoms. The number of hydrogen-bond donors (Lipinski definition) is 1. The maximum absolute atomic E-state index is 11.1. The fraction of sp³-hybridized carbons (Fsp3) is 0.455. The molecule has 1 rings (SSSR count). The van der Waals surface area contributed by atoms with Crippen LogP contribution in [0.2, 0.25) is 0 Å². The van der Waals surface area contributed by atoms with Crippen molar-refractivity contribution in [1.82, 2.24) is 0 Å². The van der Waals surface area contributed by atoms with Gasteiger partial charge in [-0.3, -0.25) is 4.55 Å². The molecule has 15 heavy (non-hydrogen) atoms. The molecular weight excluding hydrogens is 212 g/mol. The summed E-state index contributed by atoms with van der Waals surface area (Å²) in [5, 5.41) is -0.676. The van der Waals surface area contributed by atoms with Crippen LogP contribution in [0.15, 0.2) is 30.3 Å². The van der Waals surface area contributed by atoms with E-state index >= 15 is 0 Å². The molecule has 0 saturated heterocycles. The van der Waals surface area contributed by atoms with Crippen molar-refractivity contribution >= 4 is 10.1 Å². The van der Waals surface area contributed by atoms with Gasteiger partial charge in [0.25, 0.3) is 10.1 Å². The van der Waals surface area contributed by atoms with Gasteiger partial charge in [0.2, 0.25) is 0 Å². The summed E-state index contributed by atoms with van der Waals surface area (Å²) in [6.07, 6.45) is 1.62. The summed E-state index contributed by atoms with van der Waals surface area (Å²) < 4.78 is 31.2. The van der Waals surface area contributed by atoms with Crippen LogP contribution < -0.4 is 0 Å². The van der Waals surface area contributed by atoms with E-state index < -0.39 is 15.4 Å². The Morgan fingerprint density at radius 2 is 1.87 bits per heavy atom. The van der Waals surface area contributed by atoms with Crippen LogP contribution in [-0.4, -0.2) is 18.2 Å². The summed E-state index contributed by atoms with van der Waals surface area (Å²) >= 11 is 0. The first-order chi connectivity index (χ1) is 7.04. The quantitative estimate of drug-likeness (QED) is 0.787. The summed E-state index contributed by atoms with van der Waals surface area (Å²) in [4.78, 5) is 0. The Morgan fingerprint density at radius 1 is 1.27 bits per heavy atom. The van der Waals surface area contributed by atoms with Crippen LogP contribution in [0, 0.1) is 0 Å². The molecule has 1 aromatic carbocycles. The summed E-state index contributed by atoms with van der Waals surface area (Å²) in [7, 11) is -3.93. The van der Waals surface area contributed by atoms with Crippen LogP contribution in [0.3, 0.4) is 0 Å². The van der Waals surface area contributed by atoms with Gasteiger partial charge in [0.05, 0.1) is 5.25 Å². The Balaban J connectivity index is 2.76. The molecule has 0 aliphatic heterocycles. The molecule has 1 N–H and O–H groups in total. The van der Waals surface area contributed by atoms with Gasteiger partial charge in [0, 0.05) is 0 Å². The lowest BCUT2D eigenvalue weighted by Crippen LogP contribution is -2.22. The number of rotatable bonds is 5. The zero-order chi connectivity index (χ0) is 11.3. The topological polar surface area (TPSA) is 54.4 Å². The highest BCUT2D eigenvalue weighted by Gasteiger charge is 2.21. The van der Waals surface area contributed by atoms with Crippen molar-refractivity contribution < 1.29 is 13.0 Å². The highest BCUT2D eigenvalue weighted by atomic mass is 32.2. The van der Waals surface area contributed by atoms with Gasteiger partial charge < -0.3 is 0 Å². The van der Waals surface area contributed by atoms with Gasteiger partial charge in [-0.15, -0.1) is 0 Å². The molecule has 1 unspecified atom stereocenters. The van der Waals surface area contributed by atoms with E-state index in [-0.39, 0.29) is 0 Å². The van der Waals surface area contributed by atoms with Crippen LogP contribution >= 0.6 is 0 Å². The molecule has 0 amide bonds. The van der Waals surface area contributed by atoms with Crippen molar-refractivity contribution in [3.63, 3.8) is 0 Å². The molecule has 4 heteroatoms. The van der Waals surface area contributed by atoms with Gasteiger partial charge in [0.15, 0.2) is 0 Å². The van der Waals surface area contributed by atoms with Gasteiger partial charge in [-0.1, -0.05) is 43.7 Å². The monoisotopic (exact) mass is 228 g/mol. The van der Waals surface area contributed by atoms with Crippen molar-refractivity contribution in [2.45, 2.75) is 31.4 Å². The van der Waals surface area contributed by atoms with Crippen molar-refractivity contribution in [3.05, 3.63) is 35.9 Å². The average molecular weight is 228 g/mol. The molecule has 1 aromatic rings. The van der Waals surface area contributed by atoms with E-state index in [4.69, 9.17) is 4.55 Å². The lowest BCUT2D eigenvalue weighted by atomic mass is 10.1. The SMILES string of the molecule is CCCC(Cc1ccccc1)S(=O)(=O)O. The molecular formula is C11H16O3S. The van der Waals surface area contributed by atoms with E-state index in [1.54, 1.807) is 0 Å². The van der Waals surface area contributed by atoms with E-state index in [0.29, 0.717) is 12.8 Å². The predicted molar refractivity (Wildman–Crippen MR) is 60.4 cm³/mol. The van der Waals surface area contributed by atoms with Crippen LogP contribution in [0.25, 0.3) is 0 Å². The van der Waals surface area contributed by atoms with E-state index in [1.165, 1.54) is 0 Å². The third-order valence-electron chi connectivity index (χ3n) is 2.34. The fourth-order valence-electron chi connectivity index (χ4n) is 1.56. The van der Waals surface area contributed by atoms with Gasteiger partial charge in [-0.05, 0) is 18.4 Å². The van der Waals surface area contributed by atoms with Crippen molar-refractivity contribution in [2.24, 2.45) is 0 Å². The second kappa shape index (κ2) is 5.28. The van der Waals surface area contributed by atoms with Crippen molar-refractivity contribution in [1.29, 1.82) is 0 Å². The van der Waals surface area contributed by atoms with E-state index in [9.17, 15) is 8.42 Å². The Bertz CT molecular complexity index is 384. The smallest absolute Gasteiger partial charge is 0.268 e. The number of benzene rings is 1. The fourth-order valence-corrected chi connectivity index (χ4v) is 2.49. The molecule has 0 aliphatic rings. The zero-order valence-electron chi connectivity index (χ0n) is 8.76. The van der Waals surface area contributed by atoms with E-state index in [2.05, 4.69) is 0 Å². The molecule has 84 valence electrons. The van der Waals surface area contributed by atoms with Crippen LogP contribution in [0.1, 0.15) is 25.3 Å². The van der Waals surface area contributed by atoms with Gasteiger partial charge in [0.1, 0.15) is 0 Å². The Morgan fingerprint density at radius 3 is 2.33 bits per heavy atom. The highest BCUT2D eigenvalue weighted by Crippen LogP contribution is 2.14. The third-order valence-corrected chi connectivity index (χ3v) is 3.58. The van der Waals surface area contributed by atoms with Crippen molar-refractivity contribution in [2.75, 3.05) is 0 Å². The molecule has 0 aliphatic carbocycles. The van der Waals surface area contributed by atoms with Crippen LogP contribution in [0.5, 0.6) is 0 Å². The standard InChI is InChI=1S/C11H16O3S/c1-2-6-11(15(12,13)14)9-10-7-4-3-5-8-10/h3-5,7-8,11H,2,6,9H2,1H3,(H,12,13,14). The van der Waals surface area contributed by atoms with Crippen molar-refractivity contribution in [3.8, 4) is 0 Å². The summed E-state index contributed by atoms with van der Waals surface area (Å²) in [5.41, 5.74) is 0.938. The second-order valence-electron chi connectivity index (χ2n) is 3.62. The Labute approximate surface area is 90.9 Å². The number of hydrogen-bond acceptors (Lipinski definition) is 2. The predicted octanol–water partition coefficient (Wildman–Crippen LogP) is 2.29. The average Bonchev–Trinajstić information content (AvgIpc) is 2.17. The Kier molecular flexibility index (Phi) is 4.29. The first-order valence-electron chi connectivity index (χ1n) is 5.04. The highest BCUT2D eigenvalue weighted by molar-refractivity contribution is 7.86. The maximum Gasteiger partial charge on any atom is 0.268 e. The first kappa shape index (κ1) is 12.2. The summed E-state index contributed by atoms with van der Waals surface area (Å²) in [6.45, 7) is 1.91. The van der Waals surface area contributed by atoms with E-state index in [0.717, 1.165) is 12.0 Å². The molecule has 3 nitrogen and oxygen atoms in total. The van der Waals surface area contributed by atoms with Crippen LogP contribution in [-0.2, 0) is 16.5 Å². The second-order valence-corrected chi connectivity index (χ2v) is 5.31. The normalized spacial score (nSPS) is 13.7. The molecule has 0 heterocycles.